The summed E-state index contributed by atoms with van der Waals surface area (Å²) < 4.78 is 5.08. The zero-order valence-electron chi connectivity index (χ0n) is 13.9. The minimum absolute atomic E-state index is 0.197. The molecular formula is C19H20N2O3. The van der Waals surface area contributed by atoms with Gasteiger partial charge in [-0.25, -0.2) is 0 Å². The van der Waals surface area contributed by atoms with Crippen molar-refractivity contribution in [3.8, 4) is 11.5 Å². The lowest BCUT2D eigenvalue weighted by atomic mass is 10.1. The molecule has 0 aliphatic rings. The highest BCUT2D eigenvalue weighted by atomic mass is 16.5. The van der Waals surface area contributed by atoms with Gasteiger partial charge in [-0.1, -0.05) is 0 Å². The highest BCUT2D eigenvalue weighted by molar-refractivity contribution is 6.09. The van der Waals surface area contributed by atoms with Crippen molar-refractivity contribution in [1.82, 2.24) is 5.32 Å². The Bertz CT molecular complexity index is 760. The second-order valence-corrected chi connectivity index (χ2v) is 5.17. The number of aromatic hydroxyl groups is 1. The molecule has 2 N–H and O–H groups in total. The van der Waals surface area contributed by atoms with Crippen molar-refractivity contribution < 1.29 is 14.6 Å². The Labute approximate surface area is 141 Å². The van der Waals surface area contributed by atoms with Crippen LogP contribution in [0.5, 0.6) is 11.5 Å². The Morgan fingerprint density at radius 2 is 1.67 bits per heavy atom. The Morgan fingerprint density at radius 3 is 2.21 bits per heavy atom. The van der Waals surface area contributed by atoms with Gasteiger partial charge in [0.05, 0.1) is 12.8 Å². The lowest BCUT2D eigenvalue weighted by molar-refractivity contribution is 0.0966. The fourth-order valence-electron chi connectivity index (χ4n) is 2.14. The van der Waals surface area contributed by atoms with Crippen molar-refractivity contribution in [3.63, 3.8) is 0 Å². The fourth-order valence-corrected chi connectivity index (χ4v) is 2.14. The number of methoxy groups -OCH3 is 1. The standard InChI is InChI=1S/C19H20N2O3/c1-13(12-18(20-2)14-4-8-16(22)9-5-14)21-19(23)15-6-10-17(24-3)11-7-15/h4-12,22H,1-3H3,(H,21,23)/b13-12+,20-18?. The third-order valence-electron chi connectivity index (χ3n) is 3.42. The molecule has 5 nitrogen and oxygen atoms in total. The van der Waals surface area contributed by atoms with Crippen LogP contribution in [0.2, 0.25) is 0 Å². The highest BCUT2D eigenvalue weighted by Crippen LogP contribution is 2.13. The maximum Gasteiger partial charge on any atom is 0.255 e. The average Bonchev–Trinajstić information content (AvgIpc) is 2.60. The van der Waals surface area contributed by atoms with Gasteiger partial charge in [-0.2, -0.15) is 0 Å². The maximum atomic E-state index is 12.2. The number of aliphatic imine (C=N–C) groups is 1. The minimum atomic E-state index is -0.201. The predicted octanol–water partition coefficient (Wildman–Crippen LogP) is 3.15. The van der Waals surface area contributed by atoms with Gasteiger partial charge in [-0.15, -0.1) is 0 Å². The Balaban J connectivity index is 2.11. The van der Waals surface area contributed by atoms with Crippen LogP contribution in [0, 0.1) is 0 Å². The van der Waals surface area contributed by atoms with Crippen LogP contribution in [0.4, 0.5) is 0 Å². The van der Waals surface area contributed by atoms with Gasteiger partial charge >= 0.3 is 0 Å². The summed E-state index contributed by atoms with van der Waals surface area (Å²) >= 11 is 0. The molecule has 0 heterocycles. The predicted molar refractivity (Wildman–Crippen MR) is 94.8 cm³/mol. The molecule has 0 aliphatic heterocycles. The second-order valence-electron chi connectivity index (χ2n) is 5.17. The van der Waals surface area contributed by atoms with E-state index in [1.165, 1.54) is 0 Å². The van der Waals surface area contributed by atoms with Crippen molar-refractivity contribution in [1.29, 1.82) is 0 Å². The molecule has 2 aromatic rings. The Morgan fingerprint density at radius 1 is 1.08 bits per heavy atom. The van der Waals surface area contributed by atoms with E-state index in [4.69, 9.17) is 4.74 Å². The number of amides is 1. The van der Waals surface area contributed by atoms with Crippen LogP contribution in [-0.4, -0.2) is 30.9 Å². The third kappa shape index (κ3) is 4.46. The molecule has 5 heteroatoms. The van der Waals surface area contributed by atoms with E-state index in [1.807, 2.05) is 0 Å². The summed E-state index contributed by atoms with van der Waals surface area (Å²) in [6.45, 7) is 1.80. The van der Waals surface area contributed by atoms with Gasteiger partial charge in [-0.05, 0) is 67.1 Å². The normalized spacial score (nSPS) is 12.0. The molecule has 2 rings (SSSR count). The molecular weight excluding hydrogens is 304 g/mol. The quantitative estimate of drug-likeness (QED) is 0.830. The van der Waals surface area contributed by atoms with Gasteiger partial charge in [0.1, 0.15) is 11.5 Å². The van der Waals surface area contributed by atoms with E-state index in [0.29, 0.717) is 22.7 Å². The fraction of sp³-hybridized carbons (Fsp3) is 0.158. The SMILES string of the molecule is CN=C(/C=C(\C)NC(=O)c1ccc(OC)cc1)c1ccc(O)cc1. The summed E-state index contributed by atoms with van der Waals surface area (Å²) in [5, 5.41) is 12.2. The number of hydrogen-bond acceptors (Lipinski definition) is 4. The molecule has 0 saturated heterocycles. The monoisotopic (exact) mass is 324 g/mol. The molecule has 0 fully saturated rings. The van der Waals surface area contributed by atoms with Crippen LogP contribution in [0.3, 0.4) is 0 Å². The second kappa shape index (κ2) is 7.97. The molecule has 0 aromatic heterocycles. The Kier molecular flexibility index (Phi) is 5.73. The number of ether oxygens (including phenoxy) is 1. The van der Waals surface area contributed by atoms with E-state index in [1.54, 1.807) is 75.7 Å². The van der Waals surface area contributed by atoms with Gasteiger partial charge in [0.25, 0.3) is 5.91 Å². The summed E-state index contributed by atoms with van der Waals surface area (Å²) in [7, 11) is 3.26. The number of carbonyl (C=O) groups excluding carboxylic acids is 1. The van der Waals surface area contributed by atoms with Gasteiger partial charge in [0.15, 0.2) is 0 Å². The maximum absolute atomic E-state index is 12.2. The van der Waals surface area contributed by atoms with Crippen LogP contribution in [0.15, 0.2) is 65.3 Å². The highest BCUT2D eigenvalue weighted by Gasteiger charge is 2.07. The largest absolute Gasteiger partial charge is 0.508 e. The van der Waals surface area contributed by atoms with Gasteiger partial charge in [-0.3, -0.25) is 9.79 Å². The summed E-state index contributed by atoms with van der Waals surface area (Å²) in [6.07, 6.45) is 1.79. The van der Waals surface area contributed by atoms with Crippen molar-refractivity contribution >= 4 is 11.6 Å². The molecule has 0 unspecified atom stereocenters. The van der Waals surface area contributed by atoms with Crippen molar-refractivity contribution in [2.45, 2.75) is 6.92 Å². The number of hydrogen-bond donors (Lipinski definition) is 2. The number of rotatable bonds is 5. The Hall–Kier alpha value is -3.08. The number of carbonyl (C=O) groups is 1. The third-order valence-corrected chi connectivity index (χ3v) is 3.42. The number of nitrogens with one attached hydrogen (secondary N) is 1. The van der Waals surface area contributed by atoms with Crippen LogP contribution in [-0.2, 0) is 0 Å². The number of allylic oxidation sites excluding steroid dienone is 2. The zero-order valence-corrected chi connectivity index (χ0v) is 13.9. The summed E-state index contributed by atoms with van der Waals surface area (Å²) in [5.74, 6) is 0.696. The van der Waals surface area contributed by atoms with Crippen molar-refractivity contribution in [2.24, 2.45) is 4.99 Å². The van der Waals surface area contributed by atoms with E-state index in [9.17, 15) is 9.90 Å². The smallest absolute Gasteiger partial charge is 0.255 e. The van der Waals surface area contributed by atoms with E-state index in [0.717, 1.165) is 5.56 Å². The molecule has 2 aromatic carbocycles. The summed E-state index contributed by atoms with van der Waals surface area (Å²) in [5.41, 5.74) is 2.78. The number of phenolic OH excluding ortho intramolecular Hbond substituents is 1. The molecule has 124 valence electrons. The zero-order chi connectivity index (χ0) is 17.5. The van der Waals surface area contributed by atoms with Crippen molar-refractivity contribution in [3.05, 3.63) is 71.4 Å². The first-order valence-electron chi connectivity index (χ1n) is 7.43. The van der Waals surface area contributed by atoms with Gasteiger partial charge in [0.2, 0.25) is 0 Å². The molecule has 0 aliphatic carbocycles. The van der Waals surface area contributed by atoms with Crippen LogP contribution < -0.4 is 10.1 Å². The topological polar surface area (TPSA) is 70.9 Å². The molecule has 24 heavy (non-hydrogen) atoms. The summed E-state index contributed by atoms with van der Waals surface area (Å²) in [6, 6.07) is 13.6. The lowest BCUT2D eigenvalue weighted by Crippen LogP contribution is -2.22. The first-order chi connectivity index (χ1) is 11.5. The number of phenols is 1. The summed E-state index contributed by atoms with van der Waals surface area (Å²) in [4.78, 5) is 16.5. The van der Waals surface area contributed by atoms with Crippen LogP contribution >= 0.6 is 0 Å². The van der Waals surface area contributed by atoms with E-state index in [-0.39, 0.29) is 11.7 Å². The molecule has 0 bridgehead atoms. The van der Waals surface area contributed by atoms with Gasteiger partial charge in [0, 0.05) is 18.3 Å². The number of benzene rings is 2. The van der Waals surface area contributed by atoms with Crippen molar-refractivity contribution in [2.75, 3.05) is 14.2 Å². The molecule has 0 atom stereocenters. The van der Waals surface area contributed by atoms with Gasteiger partial charge < -0.3 is 15.2 Å². The molecule has 1 amide bonds. The first kappa shape index (κ1) is 17.3. The van der Waals surface area contributed by atoms with E-state index in [2.05, 4.69) is 10.3 Å². The minimum Gasteiger partial charge on any atom is -0.508 e. The van der Waals surface area contributed by atoms with E-state index < -0.39 is 0 Å². The lowest BCUT2D eigenvalue weighted by Gasteiger charge is -2.08. The molecule has 0 radical (unpaired) electrons. The molecule has 0 spiro atoms. The average molecular weight is 324 g/mol. The molecule has 0 saturated carbocycles. The van der Waals surface area contributed by atoms with Crippen LogP contribution in [0.25, 0.3) is 0 Å². The van der Waals surface area contributed by atoms with Crippen LogP contribution in [0.1, 0.15) is 22.8 Å². The number of nitrogens with zero attached hydrogens (tertiary/aromatic N) is 1. The van der Waals surface area contributed by atoms with E-state index >= 15 is 0 Å². The first-order valence-corrected chi connectivity index (χ1v) is 7.43.